The Morgan fingerprint density at radius 1 is 0.818 bits per heavy atom. The molecule has 0 radical (unpaired) electrons. The molecule has 0 fully saturated rings. The smallest absolute Gasteiger partial charge is 0.0245 e. The Bertz CT molecular complexity index is 390. The lowest BCUT2D eigenvalue weighted by Gasteiger charge is -2.05. The van der Waals surface area contributed by atoms with Gasteiger partial charge in [0.1, 0.15) is 0 Å². The molecule has 0 heteroatoms. The summed E-state index contributed by atoms with van der Waals surface area (Å²) in [6.45, 7) is 19.4. The maximum atomic E-state index is 3.16. The second kappa shape index (κ2) is 14.7. The molecule has 0 atom stereocenters. The summed E-state index contributed by atoms with van der Waals surface area (Å²) in [7, 11) is 0. The first-order chi connectivity index (χ1) is 10.4. The third-order valence-corrected chi connectivity index (χ3v) is 3.33. The summed E-state index contributed by atoms with van der Waals surface area (Å²) < 4.78 is 0. The lowest BCUT2D eigenvalue weighted by molar-refractivity contribution is 0.457. The fourth-order valence-electron chi connectivity index (χ4n) is 1.27. The van der Waals surface area contributed by atoms with E-state index in [0.717, 1.165) is 23.8 Å². The minimum atomic E-state index is 0.449. The summed E-state index contributed by atoms with van der Waals surface area (Å²) in [5.74, 6) is 8.48. The van der Waals surface area contributed by atoms with Gasteiger partial charge in [0.15, 0.2) is 0 Å². The highest BCUT2D eigenvalue weighted by molar-refractivity contribution is 5.36. The Morgan fingerprint density at radius 3 is 1.59 bits per heavy atom. The van der Waals surface area contributed by atoms with Crippen molar-refractivity contribution in [2.75, 3.05) is 0 Å². The topological polar surface area (TPSA) is 0 Å². The Balaban J connectivity index is 0. The van der Waals surface area contributed by atoms with Gasteiger partial charge in [-0.25, -0.2) is 0 Å². The highest BCUT2D eigenvalue weighted by atomic mass is 14.0. The first-order valence-electron chi connectivity index (χ1n) is 8.97. The summed E-state index contributed by atoms with van der Waals surface area (Å²) in [6, 6.07) is 8.57. The van der Waals surface area contributed by atoms with E-state index in [1.165, 1.54) is 12.0 Å². The van der Waals surface area contributed by atoms with Crippen molar-refractivity contribution in [2.24, 2.45) is 17.8 Å². The zero-order valence-electron chi connectivity index (χ0n) is 16.5. The molecule has 0 aliphatic heterocycles. The standard InChI is InChI=1S/C14H18.C6H14.C2H6/c1-4-5-13-8-10-14(11-9-13)7-6-12(2)3;1-5(2)6(3)4;1-2/h8-12H,4-5H2,1-3H3;5-6H,1-4H3;1-2H3. The molecule has 1 rings (SSSR count). The second-order valence-corrected chi connectivity index (χ2v) is 6.36. The molecule has 0 amide bonds. The van der Waals surface area contributed by atoms with Crippen LogP contribution in [0.15, 0.2) is 24.3 Å². The van der Waals surface area contributed by atoms with Gasteiger partial charge < -0.3 is 0 Å². The molecule has 22 heavy (non-hydrogen) atoms. The fraction of sp³-hybridized carbons (Fsp3) is 0.636. The maximum Gasteiger partial charge on any atom is 0.0245 e. The van der Waals surface area contributed by atoms with E-state index in [1.54, 1.807) is 0 Å². The van der Waals surface area contributed by atoms with E-state index in [2.05, 4.69) is 84.6 Å². The van der Waals surface area contributed by atoms with E-state index in [0.29, 0.717) is 5.92 Å². The van der Waals surface area contributed by atoms with Crippen molar-refractivity contribution in [3.8, 4) is 11.8 Å². The largest absolute Gasteiger partial charge is 0.0951 e. The molecule has 0 aliphatic carbocycles. The van der Waals surface area contributed by atoms with Crippen LogP contribution in [0.5, 0.6) is 0 Å². The van der Waals surface area contributed by atoms with Crippen LogP contribution in [0.2, 0.25) is 0 Å². The van der Waals surface area contributed by atoms with Crippen molar-refractivity contribution in [1.82, 2.24) is 0 Å². The van der Waals surface area contributed by atoms with Crippen LogP contribution < -0.4 is 0 Å². The van der Waals surface area contributed by atoms with Crippen LogP contribution in [0.3, 0.4) is 0 Å². The number of hydrogen-bond acceptors (Lipinski definition) is 0. The van der Waals surface area contributed by atoms with Crippen LogP contribution in [0.4, 0.5) is 0 Å². The molecule has 0 bridgehead atoms. The van der Waals surface area contributed by atoms with Gasteiger partial charge in [0.05, 0.1) is 0 Å². The van der Waals surface area contributed by atoms with Crippen molar-refractivity contribution >= 4 is 0 Å². The van der Waals surface area contributed by atoms with Crippen LogP contribution >= 0.6 is 0 Å². The summed E-state index contributed by atoms with van der Waals surface area (Å²) in [5.41, 5.74) is 2.53. The van der Waals surface area contributed by atoms with Crippen LogP contribution in [0.25, 0.3) is 0 Å². The molecule has 0 N–H and O–H groups in total. The van der Waals surface area contributed by atoms with Crippen LogP contribution in [0.1, 0.15) is 79.9 Å². The Morgan fingerprint density at radius 2 is 1.27 bits per heavy atom. The predicted molar refractivity (Wildman–Crippen MR) is 103 cm³/mol. The van der Waals surface area contributed by atoms with Crippen LogP contribution in [-0.2, 0) is 6.42 Å². The molecule has 0 saturated carbocycles. The van der Waals surface area contributed by atoms with Gasteiger partial charge in [-0.3, -0.25) is 0 Å². The molecule has 0 aromatic heterocycles. The zero-order valence-corrected chi connectivity index (χ0v) is 16.5. The highest BCUT2D eigenvalue weighted by Crippen LogP contribution is 2.06. The Kier molecular flexibility index (Phi) is 15.4. The first kappa shape index (κ1) is 23.1. The number of aryl methyl sites for hydroxylation is 1. The number of hydrogen-bond donors (Lipinski definition) is 0. The van der Waals surface area contributed by atoms with Gasteiger partial charge in [0.2, 0.25) is 0 Å². The normalized spacial score (nSPS) is 9.45. The average molecular weight is 303 g/mol. The summed E-state index contributed by atoms with van der Waals surface area (Å²) >= 11 is 0. The summed E-state index contributed by atoms with van der Waals surface area (Å²) in [6.07, 6.45) is 2.37. The van der Waals surface area contributed by atoms with E-state index in [9.17, 15) is 0 Å². The fourth-order valence-corrected chi connectivity index (χ4v) is 1.27. The first-order valence-corrected chi connectivity index (χ1v) is 8.97. The van der Waals surface area contributed by atoms with E-state index in [1.807, 2.05) is 13.8 Å². The van der Waals surface area contributed by atoms with Crippen LogP contribution in [-0.4, -0.2) is 0 Å². The minimum Gasteiger partial charge on any atom is -0.0951 e. The van der Waals surface area contributed by atoms with E-state index in [4.69, 9.17) is 0 Å². The second-order valence-electron chi connectivity index (χ2n) is 6.36. The molecule has 0 nitrogen and oxygen atoms in total. The molecule has 1 aromatic rings. The Labute approximate surface area is 140 Å². The average Bonchev–Trinajstić information content (AvgIpc) is 2.49. The van der Waals surface area contributed by atoms with Crippen molar-refractivity contribution < 1.29 is 0 Å². The highest BCUT2D eigenvalue weighted by Gasteiger charge is 1.95. The molecule has 0 spiro atoms. The SMILES string of the molecule is CC.CC(C)C(C)C.CCCc1ccc(C#CC(C)C)cc1. The summed E-state index contributed by atoms with van der Waals surface area (Å²) in [5, 5.41) is 0. The van der Waals surface area contributed by atoms with Crippen LogP contribution in [0, 0.1) is 29.6 Å². The molecular formula is C22H38. The van der Waals surface area contributed by atoms with Crippen molar-refractivity contribution in [3.05, 3.63) is 35.4 Å². The number of rotatable bonds is 3. The third-order valence-electron chi connectivity index (χ3n) is 3.33. The van der Waals surface area contributed by atoms with Gasteiger partial charge in [-0.1, -0.05) is 92.7 Å². The molecule has 0 unspecified atom stereocenters. The zero-order chi connectivity index (χ0) is 17.5. The molecule has 0 saturated heterocycles. The van der Waals surface area contributed by atoms with Crippen molar-refractivity contribution in [2.45, 2.75) is 75.2 Å². The van der Waals surface area contributed by atoms with Gasteiger partial charge >= 0.3 is 0 Å². The van der Waals surface area contributed by atoms with Gasteiger partial charge in [0, 0.05) is 11.5 Å². The minimum absolute atomic E-state index is 0.449. The van der Waals surface area contributed by atoms with E-state index >= 15 is 0 Å². The lowest BCUT2D eigenvalue weighted by atomic mass is 10.0. The Hall–Kier alpha value is -1.22. The molecule has 1 aromatic carbocycles. The molecular weight excluding hydrogens is 264 g/mol. The van der Waals surface area contributed by atoms with Gasteiger partial charge in [-0.2, -0.15) is 0 Å². The quantitative estimate of drug-likeness (QED) is 0.529. The van der Waals surface area contributed by atoms with Gasteiger partial charge in [0.25, 0.3) is 0 Å². The van der Waals surface area contributed by atoms with Gasteiger partial charge in [-0.05, 0) is 36.0 Å². The van der Waals surface area contributed by atoms with Gasteiger partial charge in [-0.15, -0.1) is 0 Å². The van der Waals surface area contributed by atoms with Crippen molar-refractivity contribution in [1.29, 1.82) is 0 Å². The third kappa shape index (κ3) is 13.7. The van der Waals surface area contributed by atoms with E-state index in [-0.39, 0.29) is 0 Å². The molecule has 0 heterocycles. The predicted octanol–water partition coefficient (Wildman–Crippen LogP) is 6.97. The van der Waals surface area contributed by atoms with E-state index < -0.39 is 0 Å². The van der Waals surface area contributed by atoms with Crippen molar-refractivity contribution in [3.63, 3.8) is 0 Å². The number of benzene rings is 1. The lowest BCUT2D eigenvalue weighted by Crippen LogP contribution is -1.95. The maximum absolute atomic E-state index is 3.16. The monoisotopic (exact) mass is 302 g/mol. The molecule has 126 valence electrons. The molecule has 0 aliphatic rings. The summed E-state index contributed by atoms with van der Waals surface area (Å²) in [4.78, 5) is 0.